The Balaban J connectivity index is 2.40. The smallest absolute Gasteiger partial charge is 0.213 e. The van der Waals surface area contributed by atoms with Crippen LogP contribution in [0.4, 0.5) is 0 Å². The van der Waals surface area contributed by atoms with Crippen molar-refractivity contribution in [3.05, 3.63) is 23.9 Å². The zero-order valence-corrected chi connectivity index (χ0v) is 13.3. The van der Waals surface area contributed by atoms with E-state index in [1.807, 2.05) is 18.2 Å². The second-order valence-corrected chi connectivity index (χ2v) is 5.37. The van der Waals surface area contributed by atoms with Gasteiger partial charge in [0, 0.05) is 12.6 Å². The van der Waals surface area contributed by atoms with Gasteiger partial charge in [0.15, 0.2) is 0 Å². The zero-order chi connectivity index (χ0) is 14.6. The Morgan fingerprint density at radius 3 is 2.75 bits per heavy atom. The molecule has 114 valence electrons. The van der Waals surface area contributed by atoms with Crippen molar-refractivity contribution in [1.29, 1.82) is 0 Å². The lowest BCUT2D eigenvalue weighted by Crippen LogP contribution is -2.16. The molecule has 1 heterocycles. The van der Waals surface area contributed by atoms with Crippen LogP contribution >= 0.6 is 0 Å². The van der Waals surface area contributed by atoms with Gasteiger partial charge in [-0.3, -0.25) is 0 Å². The number of aromatic nitrogens is 1. The van der Waals surface area contributed by atoms with Gasteiger partial charge in [0.2, 0.25) is 5.88 Å². The molecule has 0 aliphatic rings. The highest BCUT2D eigenvalue weighted by molar-refractivity contribution is 5.15. The lowest BCUT2D eigenvalue weighted by atomic mass is 10.0. The molecule has 0 amide bonds. The van der Waals surface area contributed by atoms with E-state index in [1.54, 1.807) is 0 Å². The number of hydrogen-bond donors (Lipinski definition) is 1. The van der Waals surface area contributed by atoms with Gasteiger partial charge >= 0.3 is 0 Å². The van der Waals surface area contributed by atoms with Crippen LogP contribution in [-0.2, 0) is 6.54 Å². The van der Waals surface area contributed by atoms with Crippen LogP contribution in [0.15, 0.2) is 18.2 Å². The Labute approximate surface area is 124 Å². The summed E-state index contributed by atoms with van der Waals surface area (Å²) < 4.78 is 5.86. The predicted octanol–water partition coefficient (Wildman–Crippen LogP) is 4.18. The van der Waals surface area contributed by atoms with E-state index >= 15 is 0 Å². The molecule has 1 aromatic heterocycles. The van der Waals surface area contributed by atoms with Gasteiger partial charge < -0.3 is 10.1 Å². The summed E-state index contributed by atoms with van der Waals surface area (Å²) in [5.74, 6) is 1.41. The van der Waals surface area contributed by atoms with Crippen molar-refractivity contribution in [1.82, 2.24) is 10.3 Å². The second kappa shape index (κ2) is 10.7. The highest BCUT2D eigenvalue weighted by atomic mass is 16.5. The first-order chi connectivity index (χ1) is 9.80. The highest BCUT2D eigenvalue weighted by Crippen LogP contribution is 2.15. The summed E-state index contributed by atoms with van der Waals surface area (Å²) in [6.45, 7) is 9.28. The average molecular weight is 278 g/mol. The molecule has 0 fully saturated rings. The summed E-state index contributed by atoms with van der Waals surface area (Å²) in [6, 6.07) is 6.03. The summed E-state index contributed by atoms with van der Waals surface area (Å²) >= 11 is 0. The Morgan fingerprint density at radius 2 is 2.05 bits per heavy atom. The van der Waals surface area contributed by atoms with Crippen molar-refractivity contribution in [3.8, 4) is 5.88 Å². The van der Waals surface area contributed by atoms with E-state index in [1.165, 1.54) is 25.7 Å². The molecular weight excluding hydrogens is 248 g/mol. The van der Waals surface area contributed by atoms with Gasteiger partial charge in [-0.1, -0.05) is 46.1 Å². The van der Waals surface area contributed by atoms with Crippen LogP contribution in [0.3, 0.4) is 0 Å². The molecule has 0 aliphatic carbocycles. The molecular formula is C17H30N2O. The Bertz CT molecular complexity index is 355. The van der Waals surface area contributed by atoms with E-state index in [4.69, 9.17) is 4.74 Å². The normalized spacial score (nSPS) is 12.3. The van der Waals surface area contributed by atoms with E-state index in [-0.39, 0.29) is 0 Å². The first kappa shape index (κ1) is 17.0. The molecule has 1 rings (SSSR count). The lowest BCUT2D eigenvalue weighted by Gasteiger charge is -2.15. The third-order valence-electron chi connectivity index (χ3n) is 3.52. The summed E-state index contributed by atoms with van der Waals surface area (Å²) in [6.07, 6.45) is 6.12. The number of unbranched alkanes of at least 4 members (excludes halogenated alkanes) is 1. The maximum absolute atomic E-state index is 5.86. The molecule has 1 aromatic rings. The fourth-order valence-corrected chi connectivity index (χ4v) is 2.13. The Morgan fingerprint density at radius 1 is 1.20 bits per heavy atom. The Hall–Kier alpha value is -1.09. The maximum Gasteiger partial charge on any atom is 0.213 e. The van der Waals surface area contributed by atoms with Crippen molar-refractivity contribution >= 4 is 0 Å². The minimum atomic E-state index is 0.652. The molecule has 0 saturated heterocycles. The predicted molar refractivity (Wildman–Crippen MR) is 85.0 cm³/mol. The first-order valence-electron chi connectivity index (χ1n) is 8.09. The van der Waals surface area contributed by atoms with Gasteiger partial charge in [0.1, 0.15) is 0 Å². The van der Waals surface area contributed by atoms with Gasteiger partial charge in [-0.15, -0.1) is 0 Å². The minimum Gasteiger partial charge on any atom is -0.477 e. The van der Waals surface area contributed by atoms with Crippen molar-refractivity contribution in [2.45, 2.75) is 59.4 Å². The second-order valence-electron chi connectivity index (χ2n) is 5.37. The van der Waals surface area contributed by atoms with E-state index in [0.29, 0.717) is 5.92 Å². The molecule has 3 heteroatoms. The molecule has 0 aliphatic heterocycles. The van der Waals surface area contributed by atoms with Gasteiger partial charge in [0.25, 0.3) is 0 Å². The van der Waals surface area contributed by atoms with Crippen LogP contribution in [0.2, 0.25) is 0 Å². The summed E-state index contributed by atoms with van der Waals surface area (Å²) in [4.78, 5) is 4.55. The van der Waals surface area contributed by atoms with E-state index in [0.717, 1.165) is 37.7 Å². The number of nitrogens with one attached hydrogen (secondary N) is 1. The topological polar surface area (TPSA) is 34.1 Å². The monoisotopic (exact) mass is 278 g/mol. The van der Waals surface area contributed by atoms with E-state index in [2.05, 4.69) is 31.1 Å². The van der Waals surface area contributed by atoms with Crippen molar-refractivity contribution < 1.29 is 4.74 Å². The van der Waals surface area contributed by atoms with Gasteiger partial charge in [-0.2, -0.15) is 0 Å². The number of hydrogen-bond acceptors (Lipinski definition) is 3. The fourth-order valence-electron chi connectivity index (χ4n) is 2.13. The number of rotatable bonds is 11. The lowest BCUT2D eigenvalue weighted by molar-refractivity contribution is 0.225. The third kappa shape index (κ3) is 6.90. The maximum atomic E-state index is 5.86. The largest absolute Gasteiger partial charge is 0.477 e. The standard InChI is InChI=1S/C17H30N2O/c1-4-7-9-15(6-3)14-20-17-11-8-10-16(19-17)13-18-12-5-2/h8,10-11,15,18H,4-7,9,12-14H2,1-3H3. The van der Waals surface area contributed by atoms with Crippen molar-refractivity contribution in [2.75, 3.05) is 13.2 Å². The Kier molecular flexibility index (Phi) is 9.05. The van der Waals surface area contributed by atoms with Crippen LogP contribution in [0.5, 0.6) is 5.88 Å². The van der Waals surface area contributed by atoms with E-state index < -0.39 is 0 Å². The van der Waals surface area contributed by atoms with Gasteiger partial charge in [-0.25, -0.2) is 4.98 Å². The molecule has 0 aromatic carbocycles. The molecule has 1 unspecified atom stereocenters. The first-order valence-corrected chi connectivity index (χ1v) is 8.09. The van der Waals surface area contributed by atoms with Crippen molar-refractivity contribution in [2.24, 2.45) is 5.92 Å². The molecule has 0 saturated carbocycles. The van der Waals surface area contributed by atoms with Gasteiger partial charge in [-0.05, 0) is 31.4 Å². The van der Waals surface area contributed by atoms with Crippen LogP contribution < -0.4 is 10.1 Å². The summed E-state index contributed by atoms with van der Waals surface area (Å²) in [7, 11) is 0. The zero-order valence-electron chi connectivity index (χ0n) is 13.3. The average Bonchev–Trinajstić information content (AvgIpc) is 2.48. The fraction of sp³-hybridized carbons (Fsp3) is 0.706. The highest BCUT2D eigenvalue weighted by Gasteiger charge is 2.07. The number of ether oxygens (including phenoxy) is 1. The van der Waals surface area contributed by atoms with Crippen LogP contribution in [-0.4, -0.2) is 18.1 Å². The SMILES string of the molecule is CCCCC(CC)COc1cccc(CNCCC)n1. The summed E-state index contributed by atoms with van der Waals surface area (Å²) in [5, 5.41) is 3.36. The molecule has 20 heavy (non-hydrogen) atoms. The molecule has 0 spiro atoms. The number of nitrogens with zero attached hydrogens (tertiary/aromatic N) is 1. The molecule has 0 bridgehead atoms. The van der Waals surface area contributed by atoms with Crippen LogP contribution in [0.1, 0.15) is 58.6 Å². The molecule has 0 radical (unpaired) electrons. The third-order valence-corrected chi connectivity index (χ3v) is 3.52. The quantitative estimate of drug-likeness (QED) is 0.617. The van der Waals surface area contributed by atoms with Crippen LogP contribution in [0.25, 0.3) is 0 Å². The van der Waals surface area contributed by atoms with Crippen LogP contribution in [0, 0.1) is 5.92 Å². The molecule has 1 N–H and O–H groups in total. The summed E-state index contributed by atoms with van der Waals surface area (Å²) in [5.41, 5.74) is 1.05. The van der Waals surface area contributed by atoms with Gasteiger partial charge in [0.05, 0.1) is 12.3 Å². The minimum absolute atomic E-state index is 0.652. The van der Waals surface area contributed by atoms with Crippen molar-refractivity contribution in [3.63, 3.8) is 0 Å². The molecule has 1 atom stereocenters. The molecule has 3 nitrogen and oxygen atoms in total. The van der Waals surface area contributed by atoms with E-state index in [9.17, 15) is 0 Å². The number of pyridine rings is 1.